The van der Waals surface area contributed by atoms with Gasteiger partial charge in [-0.05, 0) is 36.6 Å². The number of rotatable bonds is 4. The minimum atomic E-state index is 0.785. The molecule has 3 rings (SSSR count). The van der Waals surface area contributed by atoms with Gasteiger partial charge in [0.2, 0.25) is 0 Å². The van der Waals surface area contributed by atoms with E-state index in [1.54, 1.807) is 0 Å². The van der Waals surface area contributed by atoms with Crippen LogP contribution in [0.1, 0.15) is 24.0 Å². The highest BCUT2D eigenvalue weighted by Gasteiger charge is 2.06. The van der Waals surface area contributed by atoms with E-state index in [4.69, 9.17) is 0 Å². The number of aromatic nitrogens is 2. The molecule has 0 amide bonds. The predicted octanol–water partition coefficient (Wildman–Crippen LogP) is 5.61. The van der Waals surface area contributed by atoms with Crippen LogP contribution in [0.2, 0.25) is 0 Å². The molecule has 0 unspecified atom stereocenters. The average molecular weight is 312 g/mol. The predicted molar refractivity (Wildman–Crippen MR) is 103 cm³/mol. The number of fused-ring (bicyclic) bond motifs is 1. The second kappa shape index (κ2) is 7.05. The van der Waals surface area contributed by atoms with Crippen molar-refractivity contribution in [1.82, 2.24) is 9.97 Å². The molecule has 0 aliphatic heterocycles. The Labute approximate surface area is 142 Å². The summed E-state index contributed by atoms with van der Waals surface area (Å²) in [6.07, 6.45) is 6.06. The molecule has 0 atom stereocenters. The maximum Gasteiger partial charge on any atom is 0.126 e. The first-order valence-corrected chi connectivity index (χ1v) is 7.99. The molecular weight excluding hydrogens is 292 g/mol. The first-order chi connectivity index (χ1) is 11.7. The van der Waals surface area contributed by atoms with E-state index >= 15 is 0 Å². The molecule has 0 aliphatic rings. The third-order valence-electron chi connectivity index (χ3n) is 3.93. The van der Waals surface area contributed by atoms with Crippen molar-refractivity contribution in [2.75, 3.05) is 0 Å². The standard InChI is InChI=1S/C22H20N2/c1-4-18(19-10-6-5-7-11-19)15-14-16(2)22-20-12-8-9-13-21(20)23-17(3)24-22/h4-15H,1H2,2-3H3/b16-14+,18-15+. The topological polar surface area (TPSA) is 25.8 Å². The Morgan fingerprint density at radius 3 is 2.38 bits per heavy atom. The number of allylic oxidation sites excluding steroid dienone is 5. The number of aryl methyl sites for hydroxylation is 1. The molecule has 0 fully saturated rings. The van der Waals surface area contributed by atoms with E-state index in [1.807, 2.05) is 49.4 Å². The maximum atomic E-state index is 4.64. The van der Waals surface area contributed by atoms with E-state index in [0.717, 1.165) is 39.1 Å². The number of hydrogen-bond donors (Lipinski definition) is 0. The molecule has 0 N–H and O–H groups in total. The van der Waals surface area contributed by atoms with E-state index < -0.39 is 0 Å². The van der Waals surface area contributed by atoms with Crippen molar-refractivity contribution >= 4 is 22.0 Å². The zero-order chi connectivity index (χ0) is 16.9. The Balaban J connectivity index is 2.05. The third-order valence-corrected chi connectivity index (χ3v) is 3.93. The van der Waals surface area contributed by atoms with Gasteiger partial charge in [-0.2, -0.15) is 0 Å². The van der Waals surface area contributed by atoms with Gasteiger partial charge in [-0.15, -0.1) is 0 Å². The fourth-order valence-corrected chi connectivity index (χ4v) is 2.70. The SMILES string of the molecule is C=C/C(=C\C=C(/C)c1nc(C)nc2ccccc12)c1ccccc1. The number of para-hydroxylation sites is 1. The van der Waals surface area contributed by atoms with E-state index in [1.165, 1.54) is 0 Å². The fraction of sp³-hybridized carbons (Fsp3) is 0.0909. The quantitative estimate of drug-likeness (QED) is 0.585. The van der Waals surface area contributed by atoms with Gasteiger partial charge in [0.1, 0.15) is 5.82 Å². The lowest BCUT2D eigenvalue weighted by Crippen LogP contribution is -1.95. The second-order valence-corrected chi connectivity index (χ2v) is 5.68. The van der Waals surface area contributed by atoms with Gasteiger partial charge in [0.15, 0.2) is 0 Å². The van der Waals surface area contributed by atoms with Crippen molar-refractivity contribution in [2.24, 2.45) is 0 Å². The summed E-state index contributed by atoms with van der Waals surface area (Å²) in [5, 5.41) is 1.07. The Bertz CT molecular complexity index is 935. The zero-order valence-corrected chi connectivity index (χ0v) is 14.0. The Morgan fingerprint density at radius 1 is 0.917 bits per heavy atom. The van der Waals surface area contributed by atoms with Gasteiger partial charge in [-0.3, -0.25) is 0 Å². The van der Waals surface area contributed by atoms with Gasteiger partial charge in [0.05, 0.1) is 11.2 Å². The van der Waals surface area contributed by atoms with Crippen LogP contribution in [0.3, 0.4) is 0 Å². The summed E-state index contributed by atoms with van der Waals surface area (Å²) in [5.74, 6) is 0.785. The summed E-state index contributed by atoms with van der Waals surface area (Å²) in [4.78, 5) is 9.15. The molecule has 0 radical (unpaired) electrons. The maximum absolute atomic E-state index is 4.64. The highest BCUT2D eigenvalue weighted by Crippen LogP contribution is 2.23. The summed E-state index contributed by atoms with van der Waals surface area (Å²) in [7, 11) is 0. The van der Waals surface area contributed by atoms with Crippen LogP contribution in [-0.2, 0) is 0 Å². The lowest BCUT2D eigenvalue weighted by atomic mass is 10.0. The molecule has 0 saturated heterocycles. The van der Waals surface area contributed by atoms with Crippen LogP contribution in [0, 0.1) is 6.92 Å². The lowest BCUT2D eigenvalue weighted by molar-refractivity contribution is 1.07. The molecule has 2 heteroatoms. The smallest absolute Gasteiger partial charge is 0.126 e. The Kier molecular flexibility index (Phi) is 4.66. The van der Waals surface area contributed by atoms with Crippen molar-refractivity contribution in [3.05, 3.63) is 96.5 Å². The van der Waals surface area contributed by atoms with Crippen LogP contribution in [0.5, 0.6) is 0 Å². The first-order valence-electron chi connectivity index (χ1n) is 7.99. The third kappa shape index (κ3) is 3.33. The van der Waals surface area contributed by atoms with Crippen molar-refractivity contribution in [3.63, 3.8) is 0 Å². The molecule has 1 aromatic heterocycles. The summed E-state index contributed by atoms with van der Waals surface area (Å²) in [6.45, 7) is 7.94. The molecule has 118 valence electrons. The largest absolute Gasteiger partial charge is 0.233 e. The molecular formula is C22H20N2. The molecule has 2 aromatic carbocycles. The van der Waals surface area contributed by atoms with Crippen LogP contribution in [0.4, 0.5) is 0 Å². The van der Waals surface area contributed by atoms with Crippen molar-refractivity contribution in [3.8, 4) is 0 Å². The Morgan fingerprint density at radius 2 is 1.62 bits per heavy atom. The van der Waals surface area contributed by atoms with Crippen molar-refractivity contribution < 1.29 is 0 Å². The molecule has 0 aliphatic carbocycles. The summed E-state index contributed by atoms with van der Waals surface area (Å²) in [6, 6.07) is 18.4. The van der Waals surface area contributed by atoms with E-state index in [9.17, 15) is 0 Å². The van der Waals surface area contributed by atoms with Crippen LogP contribution >= 0.6 is 0 Å². The lowest BCUT2D eigenvalue weighted by Gasteiger charge is -2.07. The minimum absolute atomic E-state index is 0.785. The van der Waals surface area contributed by atoms with Gasteiger partial charge in [-0.1, -0.05) is 73.3 Å². The van der Waals surface area contributed by atoms with Gasteiger partial charge in [-0.25, -0.2) is 9.97 Å². The summed E-state index contributed by atoms with van der Waals surface area (Å²) >= 11 is 0. The number of hydrogen-bond acceptors (Lipinski definition) is 2. The fourth-order valence-electron chi connectivity index (χ4n) is 2.70. The van der Waals surface area contributed by atoms with Gasteiger partial charge < -0.3 is 0 Å². The number of nitrogens with zero attached hydrogens (tertiary/aromatic N) is 2. The zero-order valence-electron chi connectivity index (χ0n) is 14.0. The van der Waals surface area contributed by atoms with Crippen molar-refractivity contribution in [2.45, 2.75) is 13.8 Å². The molecule has 24 heavy (non-hydrogen) atoms. The van der Waals surface area contributed by atoms with Crippen molar-refractivity contribution in [1.29, 1.82) is 0 Å². The highest BCUT2D eigenvalue weighted by atomic mass is 14.9. The minimum Gasteiger partial charge on any atom is -0.233 e. The highest BCUT2D eigenvalue weighted by molar-refractivity contribution is 5.90. The monoisotopic (exact) mass is 312 g/mol. The molecule has 0 bridgehead atoms. The van der Waals surface area contributed by atoms with Crippen LogP contribution in [-0.4, -0.2) is 9.97 Å². The Hall–Kier alpha value is -3.00. The summed E-state index contributed by atoms with van der Waals surface area (Å²) < 4.78 is 0. The molecule has 1 heterocycles. The van der Waals surface area contributed by atoms with Gasteiger partial charge >= 0.3 is 0 Å². The van der Waals surface area contributed by atoms with Gasteiger partial charge in [0.25, 0.3) is 0 Å². The second-order valence-electron chi connectivity index (χ2n) is 5.68. The van der Waals surface area contributed by atoms with E-state index in [2.05, 4.69) is 53.8 Å². The molecule has 2 nitrogen and oxygen atoms in total. The normalized spacial score (nSPS) is 12.4. The van der Waals surface area contributed by atoms with E-state index in [-0.39, 0.29) is 0 Å². The molecule has 0 saturated carbocycles. The summed E-state index contributed by atoms with van der Waals surface area (Å²) in [5.41, 5.74) is 5.30. The van der Waals surface area contributed by atoms with Crippen LogP contribution < -0.4 is 0 Å². The van der Waals surface area contributed by atoms with Gasteiger partial charge in [0, 0.05) is 5.39 Å². The number of benzene rings is 2. The first kappa shape index (κ1) is 15.9. The van der Waals surface area contributed by atoms with Crippen LogP contribution in [0.15, 0.2) is 79.4 Å². The van der Waals surface area contributed by atoms with E-state index in [0.29, 0.717) is 0 Å². The molecule has 0 spiro atoms. The average Bonchev–Trinajstić information content (AvgIpc) is 2.62. The molecule has 3 aromatic rings. The van der Waals surface area contributed by atoms with Crippen LogP contribution in [0.25, 0.3) is 22.0 Å².